The number of pyridine rings is 1. The van der Waals surface area contributed by atoms with E-state index in [0.29, 0.717) is 16.8 Å². The molecular weight excluding hydrogens is 420 g/mol. The van der Waals surface area contributed by atoms with E-state index in [-0.39, 0.29) is 17.0 Å². The molecule has 0 aliphatic carbocycles. The Hall–Kier alpha value is -2.75. The van der Waals surface area contributed by atoms with Crippen LogP contribution in [0.3, 0.4) is 0 Å². The van der Waals surface area contributed by atoms with Crippen LogP contribution in [0.15, 0.2) is 52.2 Å². The summed E-state index contributed by atoms with van der Waals surface area (Å²) in [5.74, 6) is -3.21. The number of fused-ring (bicyclic) bond motifs is 4. The number of aromatic nitrogens is 1. The van der Waals surface area contributed by atoms with Gasteiger partial charge < -0.3 is 14.8 Å². The van der Waals surface area contributed by atoms with E-state index >= 15 is 0 Å². The molecule has 3 heterocycles. The van der Waals surface area contributed by atoms with Crippen LogP contribution in [0.25, 0.3) is 6.08 Å². The zero-order chi connectivity index (χ0) is 22.5. The predicted molar refractivity (Wildman–Crippen MR) is 114 cm³/mol. The van der Waals surface area contributed by atoms with Crippen molar-refractivity contribution in [3.8, 4) is 0 Å². The van der Waals surface area contributed by atoms with E-state index in [1.54, 1.807) is 56.3 Å². The number of carboxylic acids is 1. The smallest absolute Gasteiger partial charge is 0.308 e. The third-order valence-corrected chi connectivity index (χ3v) is 8.36. The minimum absolute atomic E-state index is 0.0177. The zero-order valence-corrected chi connectivity index (χ0v) is 18.0. The molecule has 0 unspecified atom stereocenters. The van der Waals surface area contributed by atoms with E-state index < -0.39 is 46.5 Å². The number of nitrogens with zero attached hydrogens (tertiary/aromatic N) is 2. The molecule has 4 rings (SSSR count). The van der Waals surface area contributed by atoms with E-state index in [2.05, 4.69) is 0 Å². The lowest BCUT2D eigenvalue weighted by molar-refractivity contribution is -0.144. The van der Waals surface area contributed by atoms with Crippen molar-refractivity contribution in [3.63, 3.8) is 0 Å². The molecular formula is C22H24N2O6S. The van der Waals surface area contributed by atoms with Gasteiger partial charge >= 0.3 is 5.97 Å². The molecule has 164 valence electrons. The number of rotatable bonds is 5. The summed E-state index contributed by atoms with van der Waals surface area (Å²) in [6.07, 6.45) is 3.39. The molecule has 0 spiro atoms. The molecule has 2 aromatic rings. The van der Waals surface area contributed by atoms with Crippen LogP contribution < -0.4 is 5.56 Å². The summed E-state index contributed by atoms with van der Waals surface area (Å²) in [7, 11) is -4.08. The Labute approximate surface area is 180 Å². The highest BCUT2D eigenvalue weighted by Crippen LogP contribution is 2.51. The van der Waals surface area contributed by atoms with Crippen LogP contribution in [0.5, 0.6) is 0 Å². The molecule has 2 N–H and O–H groups in total. The van der Waals surface area contributed by atoms with Crippen LogP contribution in [-0.2, 0) is 21.4 Å². The summed E-state index contributed by atoms with van der Waals surface area (Å²) in [6, 6.07) is 7.77. The molecule has 1 saturated heterocycles. The summed E-state index contributed by atoms with van der Waals surface area (Å²) in [4.78, 5) is 25.3. The molecule has 1 fully saturated rings. The minimum Gasteiger partial charge on any atom is -0.481 e. The molecule has 0 saturated carbocycles. The average Bonchev–Trinajstić information content (AvgIpc) is 2.99. The Balaban J connectivity index is 1.97. The number of carboxylic acid groups (broad SMARTS) is 1. The Morgan fingerprint density at radius 2 is 1.94 bits per heavy atom. The summed E-state index contributed by atoms with van der Waals surface area (Å²) >= 11 is 0. The van der Waals surface area contributed by atoms with Crippen LogP contribution >= 0.6 is 0 Å². The Bertz CT molecular complexity index is 1230. The molecule has 2 aliphatic heterocycles. The number of hydrogen-bond acceptors (Lipinski definition) is 5. The van der Waals surface area contributed by atoms with Gasteiger partial charge in [0.15, 0.2) is 0 Å². The lowest BCUT2D eigenvalue weighted by Gasteiger charge is -2.37. The topological polar surface area (TPSA) is 117 Å². The summed E-state index contributed by atoms with van der Waals surface area (Å²) < 4.78 is 30.1. The van der Waals surface area contributed by atoms with E-state index in [4.69, 9.17) is 0 Å². The van der Waals surface area contributed by atoms with Gasteiger partial charge in [-0.3, -0.25) is 9.59 Å². The normalized spacial score (nSPS) is 25.6. The van der Waals surface area contributed by atoms with Crippen molar-refractivity contribution >= 4 is 22.1 Å². The number of benzene rings is 1. The number of aliphatic hydroxyl groups is 1. The van der Waals surface area contributed by atoms with Crippen molar-refractivity contribution in [2.75, 3.05) is 6.61 Å². The fraction of sp³-hybridized carbons (Fsp3) is 0.364. The van der Waals surface area contributed by atoms with Crippen LogP contribution in [0, 0.1) is 18.8 Å². The summed E-state index contributed by atoms with van der Waals surface area (Å²) in [6.45, 7) is 2.95. The molecule has 0 radical (unpaired) electrons. The number of aliphatic hydroxyl groups excluding tert-OH is 1. The fourth-order valence-electron chi connectivity index (χ4n) is 4.95. The second kappa shape index (κ2) is 7.74. The van der Waals surface area contributed by atoms with Crippen molar-refractivity contribution in [1.82, 2.24) is 8.87 Å². The van der Waals surface area contributed by atoms with Crippen molar-refractivity contribution in [3.05, 3.63) is 69.6 Å². The molecule has 0 amide bonds. The number of carbonyl (C=O) groups is 1. The number of hydrogen-bond donors (Lipinski definition) is 2. The highest BCUT2D eigenvalue weighted by atomic mass is 32.2. The third kappa shape index (κ3) is 3.15. The van der Waals surface area contributed by atoms with E-state index in [9.17, 15) is 28.2 Å². The van der Waals surface area contributed by atoms with Crippen molar-refractivity contribution in [1.29, 1.82) is 0 Å². The first kappa shape index (κ1) is 21.5. The minimum atomic E-state index is -4.08. The Morgan fingerprint density at radius 1 is 1.23 bits per heavy atom. The second-order valence-electron chi connectivity index (χ2n) is 7.95. The SMILES string of the molecule is C/C=C/c1ccc2n(c1=O)C[C@@H]1[C@@H](CO)[C@H](C(=O)O)[C@H]2N1S(=O)(=O)c1ccccc1C. The van der Waals surface area contributed by atoms with Gasteiger partial charge in [0.2, 0.25) is 10.0 Å². The second-order valence-corrected chi connectivity index (χ2v) is 9.76. The fourth-order valence-corrected chi connectivity index (χ4v) is 7.02. The number of sulfonamides is 1. The molecule has 2 aliphatic rings. The van der Waals surface area contributed by atoms with Crippen molar-refractivity contribution < 1.29 is 23.4 Å². The van der Waals surface area contributed by atoms with Crippen molar-refractivity contribution in [2.45, 2.75) is 37.4 Å². The van der Waals surface area contributed by atoms with E-state index in [1.165, 1.54) is 14.9 Å². The quantitative estimate of drug-likeness (QED) is 0.724. The van der Waals surface area contributed by atoms with E-state index in [1.807, 2.05) is 0 Å². The number of aliphatic carboxylic acids is 1. The van der Waals surface area contributed by atoms with Gasteiger partial charge in [0.05, 0.1) is 16.9 Å². The van der Waals surface area contributed by atoms with Crippen LogP contribution in [0.4, 0.5) is 0 Å². The van der Waals surface area contributed by atoms with Gasteiger partial charge in [0.25, 0.3) is 5.56 Å². The monoisotopic (exact) mass is 444 g/mol. The molecule has 1 aromatic carbocycles. The maximum Gasteiger partial charge on any atom is 0.308 e. The molecule has 1 aromatic heterocycles. The number of allylic oxidation sites excluding steroid dienone is 1. The highest BCUT2D eigenvalue weighted by molar-refractivity contribution is 7.89. The van der Waals surface area contributed by atoms with Gasteiger partial charge in [-0.15, -0.1) is 0 Å². The van der Waals surface area contributed by atoms with Gasteiger partial charge in [-0.05, 0) is 37.6 Å². The molecule has 9 heteroatoms. The first-order valence-electron chi connectivity index (χ1n) is 10.0. The number of aryl methyl sites for hydroxylation is 1. The first-order valence-corrected chi connectivity index (χ1v) is 11.5. The third-order valence-electron chi connectivity index (χ3n) is 6.30. The molecule has 31 heavy (non-hydrogen) atoms. The first-order chi connectivity index (χ1) is 14.7. The van der Waals surface area contributed by atoms with Crippen molar-refractivity contribution in [2.24, 2.45) is 11.8 Å². The average molecular weight is 445 g/mol. The van der Waals surface area contributed by atoms with Crippen LogP contribution in [-0.4, -0.2) is 46.1 Å². The van der Waals surface area contributed by atoms with Crippen LogP contribution in [0.2, 0.25) is 0 Å². The van der Waals surface area contributed by atoms with Crippen LogP contribution in [0.1, 0.15) is 29.8 Å². The zero-order valence-electron chi connectivity index (χ0n) is 17.2. The molecule has 4 atom stereocenters. The van der Waals surface area contributed by atoms with Gasteiger partial charge in [0.1, 0.15) is 0 Å². The lowest BCUT2D eigenvalue weighted by atomic mass is 9.87. The largest absolute Gasteiger partial charge is 0.481 e. The molecule has 8 nitrogen and oxygen atoms in total. The standard InChI is InChI=1S/C22H24N2O6S/c1-3-6-14-9-10-16-20-19(22(27)28)15(12-25)17(11-23(16)21(14)26)24(20)31(29,30)18-8-5-4-7-13(18)2/h3-10,15,17,19-20,25H,11-12H2,1-2H3,(H,27,28)/b6-3+/t15-,17-,19+,20+/m1/s1. The molecule has 2 bridgehead atoms. The Kier molecular flexibility index (Phi) is 5.36. The van der Waals surface area contributed by atoms with Gasteiger partial charge in [-0.25, -0.2) is 8.42 Å². The maximum atomic E-state index is 13.7. The maximum absolute atomic E-state index is 13.7. The Morgan fingerprint density at radius 3 is 2.55 bits per heavy atom. The van der Waals surface area contributed by atoms with Gasteiger partial charge in [0, 0.05) is 36.4 Å². The predicted octanol–water partition coefficient (Wildman–Crippen LogP) is 1.63. The summed E-state index contributed by atoms with van der Waals surface area (Å²) in [5, 5.41) is 20.0. The van der Waals surface area contributed by atoms with Gasteiger partial charge in [-0.1, -0.05) is 30.4 Å². The highest BCUT2D eigenvalue weighted by Gasteiger charge is 2.60. The lowest BCUT2D eigenvalue weighted by Crippen LogP contribution is -2.49. The van der Waals surface area contributed by atoms with E-state index in [0.717, 1.165) is 0 Å². The summed E-state index contributed by atoms with van der Waals surface area (Å²) in [5.41, 5.74) is 1.00. The van der Waals surface area contributed by atoms with Gasteiger partial charge in [-0.2, -0.15) is 4.31 Å².